The molecule has 0 spiro atoms. The largest absolute Gasteiger partial charge is 0.490 e. The first-order valence-corrected chi connectivity index (χ1v) is 9.55. The van der Waals surface area contributed by atoms with Gasteiger partial charge < -0.3 is 14.8 Å². The van der Waals surface area contributed by atoms with E-state index < -0.39 is 0 Å². The van der Waals surface area contributed by atoms with Crippen molar-refractivity contribution < 1.29 is 9.47 Å². The zero-order chi connectivity index (χ0) is 20.0. The second kappa shape index (κ2) is 10.2. The van der Waals surface area contributed by atoms with Crippen LogP contribution in [0.4, 0.5) is 0 Å². The second-order valence-electron chi connectivity index (χ2n) is 7.12. The molecule has 0 atom stereocenters. The standard InChI is InChI=1S/C21H27N5O2.ClH/c1-5-21(3,4)22-15-16-12-13-18(19(14-16)27-6-2)28-20-23-24-25-26(20)17-10-8-7-9-11-17;/h7-14,22H,5-6,15H2,1-4H3;1H. The number of ether oxygens (including phenoxy) is 2. The molecule has 3 aromatic rings. The van der Waals surface area contributed by atoms with Crippen LogP contribution in [0.15, 0.2) is 48.5 Å². The Bertz CT molecular complexity index is 899. The lowest BCUT2D eigenvalue weighted by Crippen LogP contribution is -2.37. The maximum Gasteiger partial charge on any atom is 0.346 e. The fourth-order valence-corrected chi connectivity index (χ4v) is 2.55. The maximum absolute atomic E-state index is 5.99. The summed E-state index contributed by atoms with van der Waals surface area (Å²) < 4.78 is 13.3. The molecule has 0 unspecified atom stereocenters. The number of nitrogens with zero attached hydrogens (tertiary/aromatic N) is 4. The fraction of sp³-hybridized carbons (Fsp3) is 0.381. The molecule has 0 aliphatic heterocycles. The molecule has 3 rings (SSSR count). The molecule has 0 saturated carbocycles. The Labute approximate surface area is 177 Å². The van der Waals surface area contributed by atoms with Crippen molar-refractivity contribution in [1.29, 1.82) is 0 Å². The Balaban J connectivity index is 0.00000300. The Morgan fingerprint density at radius 2 is 1.79 bits per heavy atom. The van der Waals surface area contributed by atoms with Crippen LogP contribution in [0.3, 0.4) is 0 Å². The predicted octanol–water partition coefficient (Wildman–Crippen LogP) is 4.55. The van der Waals surface area contributed by atoms with E-state index in [-0.39, 0.29) is 24.0 Å². The molecule has 8 heteroatoms. The van der Waals surface area contributed by atoms with Crippen LogP contribution in [0, 0.1) is 0 Å². The van der Waals surface area contributed by atoms with E-state index in [0.717, 1.165) is 24.2 Å². The van der Waals surface area contributed by atoms with Gasteiger partial charge in [-0.25, -0.2) is 0 Å². The van der Waals surface area contributed by atoms with Gasteiger partial charge in [0.1, 0.15) is 0 Å². The summed E-state index contributed by atoms with van der Waals surface area (Å²) >= 11 is 0. The van der Waals surface area contributed by atoms with Gasteiger partial charge in [-0.15, -0.1) is 12.4 Å². The zero-order valence-corrected chi connectivity index (χ0v) is 18.1. The summed E-state index contributed by atoms with van der Waals surface area (Å²) in [5.41, 5.74) is 2.03. The first-order chi connectivity index (χ1) is 13.5. The minimum atomic E-state index is 0. The van der Waals surface area contributed by atoms with Crippen molar-refractivity contribution in [1.82, 2.24) is 25.5 Å². The van der Waals surface area contributed by atoms with Crippen LogP contribution >= 0.6 is 12.4 Å². The van der Waals surface area contributed by atoms with E-state index in [9.17, 15) is 0 Å². The van der Waals surface area contributed by atoms with Crippen molar-refractivity contribution in [3.05, 3.63) is 54.1 Å². The van der Waals surface area contributed by atoms with Crippen LogP contribution in [0.5, 0.6) is 17.5 Å². The minimum absolute atomic E-state index is 0. The summed E-state index contributed by atoms with van der Waals surface area (Å²) in [7, 11) is 0. The Kier molecular flexibility index (Phi) is 7.99. The van der Waals surface area contributed by atoms with E-state index in [2.05, 4.69) is 41.6 Å². The number of tetrazole rings is 1. The third-order valence-electron chi connectivity index (χ3n) is 4.61. The van der Waals surface area contributed by atoms with Gasteiger partial charge in [0.15, 0.2) is 11.5 Å². The van der Waals surface area contributed by atoms with E-state index in [1.807, 2.05) is 55.5 Å². The molecule has 0 bridgehead atoms. The van der Waals surface area contributed by atoms with Crippen molar-refractivity contribution in [2.45, 2.75) is 46.2 Å². The Morgan fingerprint density at radius 3 is 2.48 bits per heavy atom. The smallest absolute Gasteiger partial charge is 0.346 e. The molecule has 0 saturated heterocycles. The number of para-hydroxylation sites is 1. The lowest BCUT2D eigenvalue weighted by Gasteiger charge is -2.24. The maximum atomic E-state index is 5.99. The number of benzene rings is 2. The van der Waals surface area contributed by atoms with Crippen LogP contribution in [0.1, 0.15) is 39.7 Å². The van der Waals surface area contributed by atoms with Crippen LogP contribution in [-0.2, 0) is 6.54 Å². The van der Waals surface area contributed by atoms with Crippen LogP contribution in [0.25, 0.3) is 5.69 Å². The van der Waals surface area contributed by atoms with E-state index in [4.69, 9.17) is 9.47 Å². The van der Waals surface area contributed by atoms with Crippen LogP contribution < -0.4 is 14.8 Å². The van der Waals surface area contributed by atoms with Gasteiger partial charge in [-0.3, -0.25) is 0 Å². The van der Waals surface area contributed by atoms with Gasteiger partial charge in [0, 0.05) is 12.1 Å². The number of nitrogens with one attached hydrogen (secondary N) is 1. The molecule has 0 amide bonds. The molecule has 2 aromatic carbocycles. The zero-order valence-electron chi connectivity index (χ0n) is 17.3. The molecule has 29 heavy (non-hydrogen) atoms. The van der Waals surface area contributed by atoms with Crippen molar-refractivity contribution in [3.8, 4) is 23.2 Å². The average molecular weight is 418 g/mol. The Morgan fingerprint density at radius 1 is 1.03 bits per heavy atom. The molecule has 0 radical (unpaired) electrons. The summed E-state index contributed by atoms with van der Waals surface area (Å²) in [4.78, 5) is 0. The highest BCUT2D eigenvalue weighted by Crippen LogP contribution is 2.32. The van der Waals surface area contributed by atoms with Crippen molar-refractivity contribution >= 4 is 12.4 Å². The van der Waals surface area contributed by atoms with Crippen LogP contribution in [-0.4, -0.2) is 32.4 Å². The first-order valence-electron chi connectivity index (χ1n) is 9.55. The molecule has 1 heterocycles. The molecule has 1 N–H and O–H groups in total. The first kappa shape index (κ1) is 22.6. The third kappa shape index (κ3) is 5.92. The molecule has 0 fully saturated rings. The topological polar surface area (TPSA) is 74.1 Å². The Hall–Kier alpha value is -2.64. The molecule has 0 aliphatic rings. The number of hydrogen-bond donors (Lipinski definition) is 1. The van der Waals surface area contributed by atoms with Gasteiger partial charge in [-0.05, 0) is 67.4 Å². The molecule has 156 valence electrons. The van der Waals surface area contributed by atoms with E-state index in [1.165, 1.54) is 0 Å². The van der Waals surface area contributed by atoms with Gasteiger partial charge in [0.05, 0.1) is 12.3 Å². The average Bonchev–Trinajstić information content (AvgIpc) is 3.17. The predicted molar refractivity (Wildman–Crippen MR) is 115 cm³/mol. The summed E-state index contributed by atoms with van der Waals surface area (Å²) in [6, 6.07) is 15.8. The highest BCUT2D eigenvalue weighted by molar-refractivity contribution is 5.85. The molecular formula is C21H28ClN5O2. The van der Waals surface area contributed by atoms with Crippen molar-refractivity contribution in [3.63, 3.8) is 0 Å². The minimum Gasteiger partial charge on any atom is -0.490 e. The van der Waals surface area contributed by atoms with Gasteiger partial charge in [-0.1, -0.05) is 36.3 Å². The second-order valence-corrected chi connectivity index (χ2v) is 7.12. The van der Waals surface area contributed by atoms with Crippen LogP contribution in [0.2, 0.25) is 0 Å². The summed E-state index contributed by atoms with van der Waals surface area (Å²) in [5.74, 6) is 1.24. The number of rotatable bonds is 9. The summed E-state index contributed by atoms with van der Waals surface area (Å²) in [6.07, 6.45) is 1.05. The summed E-state index contributed by atoms with van der Waals surface area (Å²) in [5, 5.41) is 15.3. The third-order valence-corrected chi connectivity index (χ3v) is 4.61. The van der Waals surface area contributed by atoms with Gasteiger partial charge in [0.25, 0.3) is 0 Å². The highest BCUT2D eigenvalue weighted by Gasteiger charge is 2.16. The molecule has 1 aromatic heterocycles. The van der Waals surface area contributed by atoms with E-state index in [0.29, 0.717) is 18.1 Å². The number of hydrogen-bond acceptors (Lipinski definition) is 6. The monoisotopic (exact) mass is 417 g/mol. The molecular weight excluding hydrogens is 390 g/mol. The van der Waals surface area contributed by atoms with E-state index >= 15 is 0 Å². The highest BCUT2D eigenvalue weighted by atomic mass is 35.5. The molecule has 7 nitrogen and oxygen atoms in total. The normalized spacial score (nSPS) is 11.0. The SMILES string of the molecule is CCOc1cc(CNC(C)(C)CC)ccc1Oc1nnnn1-c1ccccc1.Cl. The quantitative estimate of drug-likeness (QED) is 0.550. The lowest BCUT2D eigenvalue weighted by molar-refractivity contribution is 0.314. The van der Waals surface area contributed by atoms with Gasteiger partial charge >= 0.3 is 6.01 Å². The lowest BCUT2D eigenvalue weighted by atomic mass is 10.0. The molecule has 0 aliphatic carbocycles. The van der Waals surface area contributed by atoms with E-state index in [1.54, 1.807) is 4.68 Å². The van der Waals surface area contributed by atoms with Crippen molar-refractivity contribution in [2.24, 2.45) is 0 Å². The number of halogens is 1. The van der Waals surface area contributed by atoms with Gasteiger partial charge in [-0.2, -0.15) is 4.68 Å². The fourth-order valence-electron chi connectivity index (χ4n) is 2.55. The van der Waals surface area contributed by atoms with Gasteiger partial charge in [0.2, 0.25) is 0 Å². The number of aromatic nitrogens is 4. The van der Waals surface area contributed by atoms with Crippen molar-refractivity contribution in [2.75, 3.05) is 6.61 Å². The summed E-state index contributed by atoms with van der Waals surface area (Å²) in [6.45, 7) is 9.80.